The zero-order valence-electron chi connectivity index (χ0n) is 22.3. The number of ether oxygens (including phenoxy) is 1. The number of rotatable bonds is 11. The third-order valence-corrected chi connectivity index (χ3v) is 6.24. The van der Waals surface area contributed by atoms with Crippen molar-refractivity contribution in [1.82, 2.24) is 20.2 Å². The van der Waals surface area contributed by atoms with Crippen LogP contribution in [-0.2, 0) is 6.54 Å². The Kier molecular flexibility index (Phi) is 8.92. The maximum absolute atomic E-state index is 12.9. The SMILES string of the molecule is CC(C)(C)NC(=O)c1ccc(OCCCNC(CCn2ccc3ccccc3c2=O)c2ccncc2)cc1. The van der Waals surface area contributed by atoms with E-state index >= 15 is 0 Å². The lowest BCUT2D eigenvalue weighted by molar-refractivity contribution is 0.0919. The van der Waals surface area contributed by atoms with Crippen molar-refractivity contribution in [2.75, 3.05) is 13.2 Å². The lowest BCUT2D eigenvalue weighted by Gasteiger charge is -2.20. The lowest BCUT2D eigenvalue weighted by Crippen LogP contribution is -2.40. The van der Waals surface area contributed by atoms with Crippen molar-refractivity contribution in [1.29, 1.82) is 0 Å². The van der Waals surface area contributed by atoms with E-state index in [-0.39, 0.29) is 23.0 Å². The van der Waals surface area contributed by atoms with Crippen molar-refractivity contribution >= 4 is 16.7 Å². The Labute approximate surface area is 223 Å². The van der Waals surface area contributed by atoms with Gasteiger partial charge in [-0.1, -0.05) is 18.2 Å². The van der Waals surface area contributed by atoms with E-state index in [9.17, 15) is 9.59 Å². The highest BCUT2D eigenvalue weighted by atomic mass is 16.5. The Bertz CT molecular complexity index is 1390. The van der Waals surface area contributed by atoms with E-state index in [4.69, 9.17) is 4.74 Å². The van der Waals surface area contributed by atoms with Gasteiger partial charge in [0.1, 0.15) is 5.75 Å². The van der Waals surface area contributed by atoms with Gasteiger partial charge in [0.2, 0.25) is 0 Å². The Balaban J connectivity index is 1.29. The summed E-state index contributed by atoms with van der Waals surface area (Å²) in [7, 11) is 0. The summed E-state index contributed by atoms with van der Waals surface area (Å²) in [5.74, 6) is 0.639. The number of carbonyl (C=O) groups is 1. The second-order valence-electron chi connectivity index (χ2n) is 10.4. The second-order valence-corrected chi connectivity index (χ2v) is 10.4. The van der Waals surface area contributed by atoms with Crippen LogP contribution in [0.25, 0.3) is 10.8 Å². The number of pyridine rings is 2. The summed E-state index contributed by atoms with van der Waals surface area (Å²) in [6.07, 6.45) is 7.03. The first kappa shape index (κ1) is 27.1. The third kappa shape index (κ3) is 7.52. The molecule has 2 aromatic carbocycles. The zero-order valence-corrected chi connectivity index (χ0v) is 22.3. The van der Waals surface area contributed by atoms with Gasteiger partial charge in [-0.05, 0) is 99.6 Å². The molecule has 0 spiro atoms. The number of aryl methyl sites for hydroxylation is 1. The summed E-state index contributed by atoms with van der Waals surface area (Å²) in [5, 5.41) is 8.28. The second kappa shape index (κ2) is 12.5. The van der Waals surface area contributed by atoms with Gasteiger partial charge in [0.05, 0.1) is 6.61 Å². The average molecular weight is 513 g/mol. The Morgan fingerprint density at radius 3 is 2.47 bits per heavy atom. The van der Waals surface area contributed by atoms with Gasteiger partial charge >= 0.3 is 0 Å². The molecule has 0 aliphatic heterocycles. The fourth-order valence-electron chi connectivity index (χ4n) is 4.31. The van der Waals surface area contributed by atoms with Crippen LogP contribution >= 0.6 is 0 Å². The normalized spacial score (nSPS) is 12.3. The van der Waals surface area contributed by atoms with Crippen LogP contribution < -0.4 is 20.9 Å². The number of hydrogen-bond donors (Lipinski definition) is 2. The van der Waals surface area contributed by atoms with Crippen molar-refractivity contribution < 1.29 is 9.53 Å². The quantitative estimate of drug-likeness (QED) is 0.273. The molecule has 4 rings (SSSR count). The fraction of sp³-hybridized carbons (Fsp3) is 0.323. The summed E-state index contributed by atoms with van der Waals surface area (Å²) in [4.78, 5) is 29.4. The van der Waals surface area contributed by atoms with E-state index in [1.807, 2.05) is 81.6 Å². The van der Waals surface area contributed by atoms with Crippen molar-refractivity contribution in [2.24, 2.45) is 0 Å². The number of amides is 1. The highest BCUT2D eigenvalue weighted by Gasteiger charge is 2.15. The Hall–Kier alpha value is -3.97. The molecule has 1 unspecified atom stereocenters. The highest BCUT2D eigenvalue weighted by molar-refractivity contribution is 5.94. The zero-order chi connectivity index (χ0) is 27.0. The molecule has 0 bridgehead atoms. The van der Waals surface area contributed by atoms with Crippen molar-refractivity contribution in [3.8, 4) is 5.75 Å². The summed E-state index contributed by atoms with van der Waals surface area (Å²) in [5.41, 5.74) is 1.50. The summed E-state index contributed by atoms with van der Waals surface area (Å²) in [6, 6.07) is 21.0. The van der Waals surface area contributed by atoms with Crippen LogP contribution in [0.15, 0.2) is 90.1 Å². The van der Waals surface area contributed by atoms with Gasteiger partial charge in [-0.15, -0.1) is 0 Å². The number of aromatic nitrogens is 2. The van der Waals surface area contributed by atoms with Crippen LogP contribution in [0.1, 0.15) is 55.6 Å². The minimum absolute atomic E-state index is 0.0342. The lowest BCUT2D eigenvalue weighted by atomic mass is 10.0. The molecule has 7 heteroatoms. The summed E-state index contributed by atoms with van der Waals surface area (Å²) < 4.78 is 7.67. The Morgan fingerprint density at radius 2 is 1.74 bits per heavy atom. The molecule has 7 nitrogen and oxygen atoms in total. The predicted molar refractivity (Wildman–Crippen MR) is 152 cm³/mol. The van der Waals surface area contributed by atoms with Crippen molar-refractivity contribution in [3.63, 3.8) is 0 Å². The average Bonchev–Trinajstić information content (AvgIpc) is 2.91. The molecule has 0 saturated carbocycles. The number of hydrogen-bond acceptors (Lipinski definition) is 5. The third-order valence-electron chi connectivity index (χ3n) is 6.24. The number of nitrogens with zero attached hydrogens (tertiary/aromatic N) is 2. The van der Waals surface area contributed by atoms with E-state index in [2.05, 4.69) is 15.6 Å². The monoisotopic (exact) mass is 512 g/mol. The number of fused-ring (bicyclic) bond motifs is 1. The van der Waals surface area contributed by atoms with Crippen LogP contribution in [0, 0.1) is 0 Å². The van der Waals surface area contributed by atoms with E-state index in [1.165, 1.54) is 0 Å². The van der Waals surface area contributed by atoms with Crippen molar-refractivity contribution in [3.05, 3.63) is 107 Å². The van der Waals surface area contributed by atoms with Gasteiger partial charge in [-0.2, -0.15) is 0 Å². The molecule has 0 radical (unpaired) electrons. The van der Waals surface area contributed by atoms with Crippen molar-refractivity contribution in [2.45, 2.75) is 51.7 Å². The van der Waals surface area contributed by atoms with E-state index in [1.54, 1.807) is 29.1 Å². The highest BCUT2D eigenvalue weighted by Crippen LogP contribution is 2.18. The maximum atomic E-state index is 12.9. The molecule has 2 heterocycles. The molecular formula is C31H36N4O3. The minimum Gasteiger partial charge on any atom is -0.494 e. The smallest absolute Gasteiger partial charge is 0.258 e. The van der Waals surface area contributed by atoms with Crippen LogP contribution in [0.3, 0.4) is 0 Å². The first-order valence-corrected chi connectivity index (χ1v) is 13.1. The summed E-state index contributed by atoms with van der Waals surface area (Å²) >= 11 is 0. The fourth-order valence-corrected chi connectivity index (χ4v) is 4.31. The number of benzene rings is 2. The molecule has 0 aliphatic rings. The molecule has 0 fully saturated rings. The first-order valence-electron chi connectivity index (χ1n) is 13.1. The first-order chi connectivity index (χ1) is 18.3. The molecule has 198 valence electrons. The van der Waals surface area contributed by atoms with Gasteiger partial charge in [-0.25, -0.2) is 0 Å². The van der Waals surface area contributed by atoms with Crippen LogP contribution in [0.2, 0.25) is 0 Å². The van der Waals surface area contributed by atoms with E-state index in [0.29, 0.717) is 18.7 Å². The van der Waals surface area contributed by atoms with Gasteiger partial charge < -0.3 is 19.9 Å². The van der Waals surface area contributed by atoms with E-state index < -0.39 is 0 Å². The van der Waals surface area contributed by atoms with Gasteiger partial charge in [-0.3, -0.25) is 14.6 Å². The molecule has 1 atom stereocenters. The van der Waals surface area contributed by atoms with Gasteiger partial charge in [0.25, 0.3) is 11.5 Å². The van der Waals surface area contributed by atoms with Gasteiger partial charge in [0.15, 0.2) is 0 Å². The molecule has 1 amide bonds. The summed E-state index contributed by atoms with van der Waals surface area (Å²) in [6.45, 7) is 7.78. The minimum atomic E-state index is -0.279. The van der Waals surface area contributed by atoms with Crippen LogP contribution in [-0.4, -0.2) is 34.1 Å². The molecule has 2 aromatic heterocycles. The number of carbonyl (C=O) groups excluding carboxylic acids is 1. The molecule has 4 aromatic rings. The molecule has 0 aliphatic carbocycles. The van der Waals surface area contributed by atoms with E-state index in [0.717, 1.165) is 41.5 Å². The molecule has 38 heavy (non-hydrogen) atoms. The van der Waals surface area contributed by atoms with Crippen LogP contribution in [0.5, 0.6) is 5.75 Å². The predicted octanol–water partition coefficient (Wildman–Crippen LogP) is 5.11. The molecule has 0 saturated heterocycles. The Morgan fingerprint density at radius 1 is 1.00 bits per heavy atom. The molecular weight excluding hydrogens is 476 g/mol. The standard InChI is InChI=1S/C31H36N4O3/c1-31(2,3)34-29(36)25-9-11-26(12-10-25)38-22-6-17-33-28(24-13-18-32-19-14-24)16-21-35-20-15-23-7-4-5-8-27(23)30(35)37/h4-5,7-15,18-20,28,33H,6,16-17,21-22H2,1-3H3,(H,34,36). The largest absolute Gasteiger partial charge is 0.494 e. The number of nitrogens with one attached hydrogen (secondary N) is 2. The topological polar surface area (TPSA) is 85.2 Å². The van der Waals surface area contributed by atoms with Gasteiger partial charge in [0, 0.05) is 47.7 Å². The van der Waals surface area contributed by atoms with Crippen LogP contribution in [0.4, 0.5) is 0 Å². The molecule has 2 N–H and O–H groups in total. The maximum Gasteiger partial charge on any atom is 0.258 e.